The molecule has 30 rings (SSSR count). The van der Waals surface area contributed by atoms with E-state index in [1.165, 1.54) is 84.1 Å². The lowest BCUT2D eigenvalue weighted by Crippen LogP contribution is -2.05. The molecule has 12 aromatic heterocycles. The van der Waals surface area contributed by atoms with Gasteiger partial charge >= 0.3 is 0 Å². The first-order chi connectivity index (χ1) is 74.4. The Labute approximate surface area is 867 Å². The number of aromatic nitrogens is 15. The van der Waals surface area contributed by atoms with Gasteiger partial charge in [-0.25, -0.2) is 44.9 Å². The normalized spacial score (nSPS) is 11.6. The fourth-order valence-corrected chi connectivity index (χ4v) is 23.6. The Morgan fingerprint density at radius 3 is 0.893 bits per heavy atom. The van der Waals surface area contributed by atoms with E-state index in [9.17, 15) is 0 Å². The van der Waals surface area contributed by atoms with Crippen LogP contribution in [0.25, 0.3) is 281 Å². The van der Waals surface area contributed by atoms with Crippen LogP contribution in [0.4, 0.5) is 0 Å². The van der Waals surface area contributed by atoms with Crippen LogP contribution < -0.4 is 0 Å². The van der Waals surface area contributed by atoms with Crippen molar-refractivity contribution >= 4 is 150 Å². The first-order valence-electron chi connectivity index (χ1n) is 49.7. The molecule has 0 fully saturated rings. The minimum Gasteiger partial charge on any atom is -0.455 e. The van der Waals surface area contributed by atoms with Gasteiger partial charge in [0.25, 0.3) is 0 Å². The zero-order valence-electron chi connectivity index (χ0n) is 80.2. The number of hydrogen-bond acceptors (Lipinski definition) is 15. The van der Waals surface area contributed by atoms with E-state index in [-0.39, 0.29) is 0 Å². The Hall–Kier alpha value is -19.9. The molecule has 0 aliphatic carbocycles. The Balaban J connectivity index is 0.000000108. The molecular weight excluding hydrogens is 1880 g/mol. The van der Waals surface area contributed by atoms with Crippen molar-refractivity contribution in [1.82, 2.24) is 73.5 Å². The van der Waals surface area contributed by atoms with Crippen molar-refractivity contribution < 1.29 is 4.42 Å². The molecule has 16 nitrogen and oxygen atoms in total. The van der Waals surface area contributed by atoms with E-state index in [1.54, 1.807) is 6.20 Å². The smallest absolute Gasteiger partial charge is 0.184 e. The number of hydrogen-bond donors (Lipinski definition) is 0. The van der Waals surface area contributed by atoms with Crippen LogP contribution in [-0.2, 0) is 0 Å². The van der Waals surface area contributed by atoms with Crippen molar-refractivity contribution in [1.29, 1.82) is 0 Å². The van der Waals surface area contributed by atoms with E-state index in [1.807, 2.05) is 248 Å². The quantitative estimate of drug-likeness (QED) is 0.0946. The lowest BCUT2D eigenvalue weighted by molar-refractivity contribution is 0.670. The zero-order chi connectivity index (χ0) is 99.1. The van der Waals surface area contributed by atoms with Gasteiger partial charge in [0.15, 0.2) is 52.4 Å². The maximum atomic E-state index is 6.43. The largest absolute Gasteiger partial charge is 0.455 e. The SMILES string of the molecule is c1ccc(-c2nc(-c3ccccc3)nc(-c3cnccc3-n3c4ccccc4c4cc(-c5cccc6c5sc5ccccc56)ccc43)n2)cc1.c1ccc(-c2nc(-c3ccccc3)nc(-c3ncccc3-n3c4ccccc4c4cc(-c5cccc6c5oc5ccccc56)ccc43)n2)cc1.c1ccc(-c2nc(-c3ccccc3)nc(-c3ncccc3-n3c4ccccc4c4cc(-c5cccc6c5sc5ccccc56)ccc43)n2)cc1. The third-order valence-corrected chi connectivity index (χ3v) is 30.5. The fraction of sp³-hybridized carbons (Fsp3) is 0. The van der Waals surface area contributed by atoms with Gasteiger partial charge in [-0.2, -0.15) is 0 Å². The summed E-state index contributed by atoms with van der Waals surface area (Å²) in [6, 6.07) is 162. The predicted octanol–water partition coefficient (Wildman–Crippen LogP) is 33.7. The second kappa shape index (κ2) is 37.4. The summed E-state index contributed by atoms with van der Waals surface area (Å²) in [5.74, 6) is 5.23. The van der Waals surface area contributed by atoms with Crippen molar-refractivity contribution in [3.63, 3.8) is 0 Å². The summed E-state index contributed by atoms with van der Waals surface area (Å²) in [6.07, 6.45) is 7.32. The van der Waals surface area contributed by atoms with E-state index >= 15 is 0 Å². The van der Waals surface area contributed by atoms with Crippen molar-refractivity contribution in [2.75, 3.05) is 0 Å². The maximum Gasteiger partial charge on any atom is 0.184 e. The van der Waals surface area contributed by atoms with Crippen LogP contribution in [0.2, 0.25) is 0 Å². The molecule has 0 aliphatic rings. The molecule has 18 heteroatoms. The second-order valence-corrected chi connectivity index (χ2v) is 38.9. The van der Waals surface area contributed by atoms with Gasteiger partial charge in [0, 0.05) is 147 Å². The summed E-state index contributed by atoms with van der Waals surface area (Å²) in [4.78, 5) is 59.4. The second-order valence-electron chi connectivity index (χ2n) is 36.8. The predicted molar refractivity (Wildman–Crippen MR) is 614 cm³/mol. The average molecular weight is 1960 g/mol. The minimum absolute atomic E-state index is 0.507. The first kappa shape index (κ1) is 87.8. The molecule has 150 heavy (non-hydrogen) atoms. The Morgan fingerprint density at radius 1 is 0.187 bits per heavy atom. The summed E-state index contributed by atoms with van der Waals surface area (Å²) < 4.78 is 18.5. The third-order valence-electron chi connectivity index (χ3n) is 28.0. The monoisotopic (exact) mass is 1960 g/mol. The van der Waals surface area contributed by atoms with Crippen LogP contribution >= 0.6 is 22.7 Å². The molecule has 0 spiro atoms. The van der Waals surface area contributed by atoms with Crippen molar-refractivity contribution in [2.45, 2.75) is 0 Å². The molecule has 702 valence electrons. The molecule has 0 radical (unpaired) electrons. The van der Waals surface area contributed by atoms with Crippen LogP contribution in [-0.4, -0.2) is 73.5 Å². The Morgan fingerprint density at radius 2 is 0.493 bits per heavy atom. The van der Waals surface area contributed by atoms with Gasteiger partial charge in [-0.3, -0.25) is 15.0 Å². The minimum atomic E-state index is 0.507. The van der Waals surface area contributed by atoms with Gasteiger partial charge < -0.3 is 18.1 Å². The van der Waals surface area contributed by atoms with E-state index < -0.39 is 0 Å². The lowest BCUT2D eigenvalue weighted by atomic mass is 10.0. The standard InChI is InChI=1S/C44H27N5O.2C44H27N5S/c2*1-3-13-28(14-4-1)42-46-43(29-15-5-2-6-16-29)48-44(47-42)40-38(22-12-26-45-40)49-36-21-9-7-17-32(36)35-27-30(24-25-37(35)49)31-19-11-20-34-33-18-8-10-23-39(33)50-41(31)34;1-3-12-28(13-4-1)42-46-43(29-14-5-2-6-15-29)48-44(47-42)36-27-45-25-24-39(36)49-37-20-9-7-16-32(37)35-26-30(22-23-38(35)49)31-18-11-19-34-33-17-8-10-21-40(33)50-41(31)34/h3*1-27H. The first-order valence-corrected chi connectivity index (χ1v) is 51.3. The van der Waals surface area contributed by atoms with Crippen LogP contribution in [0.5, 0.6) is 0 Å². The van der Waals surface area contributed by atoms with Gasteiger partial charge in [-0.1, -0.05) is 364 Å². The zero-order valence-corrected chi connectivity index (χ0v) is 81.8. The number of thiophene rings is 2. The third kappa shape index (κ3) is 15.6. The fourth-order valence-electron chi connectivity index (χ4n) is 21.1. The van der Waals surface area contributed by atoms with Crippen LogP contribution in [0, 0.1) is 0 Å². The number of benzene rings is 18. The summed E-state index contributed by atoms with van der Waals surface area (Å²) in [7, 11) is 0. The average Bonchev–Trinajstić information content (AvgIpc) is 1.58. The molecule has 0 amide bonds. The number of fused-ring (bicyclic) bond motifs is 18. The van der Waals surface area contributed by atoms with E-state index in [2.05, 4.69) is 280 Å². The van der Waals surface area contributed by atoms with Gasteiger partial charge in [-0.05, 0) is 131 Å². The molecular formula is C132H81N15OS2. The molecule has 0 unspecified atom stereocenters. The number of nitrogens with zero attached hydrogens (tertiary/aromatic N) is 15. The highest BCUT2D eigenvalue weighted by Crippen LogP contribution is 2.49. The highest BCUT2D eigenvalue weighted by molar-refractivity contribution is 7.26. The number of rotatable bonds is 15. The molecule has 0 saturated heterocycles. The molecule has 0 N–H and O–H groups in total. The number of pyridine rings is 3. The van der Waals surface area contributed by atoms with Crippen LogP contribution in [0.3, 0.4) is 0 Å². The molecule has 0 atom stereocenters. The molecule has 0 bridgehead atoms. The van der Waals surface area contributed by atoms with Gasteiger partial charge in [-0.15, -0.1) is 22.7 Å². The van der Waals surface area contributed by atoms with Crippen molar-refractivity contribution in [3.8, 4) is 153 Å². The lowest BCUT2D eigenvalue weighted by Gasteiger charge is -2.14. The highest BCUT2D eigenvalue weighted by Gasteiger charge is 2.28. The molecule has 0 aliphatic heterocycles. The van der Waals surface area contributed by atoms with Gasteiger partial charge in [0.2, 0.25) is 0 Å². The topological polar surface area (TPSA) is 183 Å². The van der Waals surface area contributed by atoms with Gasteiger partial charge in [0.1, 0.15) is 22.6 Å². The van der Waals surface area contributed by atoms with E-state index in [0.717, 1.165) is 133 Å². The number of furan rings is 1. The summed E-state index contributed by atoms with van der Waals surface area (Å²) in [6.45, 7) is 0. The molecule has 18 aromatic carbocycles. The summed E-state index contributed by atoms with van der Waals surface area (Å²) >= 11 is 3.72. The van der Waals surface area contributed by atoms with Crippen molar-refractivity contribution in [2.24, 2.45) is 0 Å². The molecule has 30 aromatic rings. The Bertz CT molecular complexity index is 9400. The summed E-state index contributed by atoms with van der Waals surface area (Å²) in [5, 5.41) is 14.4. The van der Waals surface area contributed by atoms with E-state index in [4.69, 9.17) is 59.2 Å². The van der Waals surface area contributed by atoms with Crippen LogP contribution in [0.15, 0.2) is 496 Å². The van der Waals surface area contributed by atoms with Crippen molar-refractivity contribution in [3.05, 3.63) is 492 Å². The highest BCUT2D eigenvalue weighted by atomic mass is 32.1. The van der Waals surface area contributed by atoms with Crippen LogP contribution in [0.1, 0.15) is 0 Å². The molecule has 12 heterocycles. The Kier molecular flexibility index (Phi) is 21.9. The van der Waals surface area contributed by atoms with E-state index in [0.29, 0.717) is 63.8 Å². The van der Waals surface area contributed by atoms with Gasteiger partial charge in [0.05, 0.1) is 55.7 Å². The molecule has 0 saturated carbocycles. The number of para-hydroxylation sites is 5. The summed E-state index contributed by atoms with van der Waals surface area (Å²) in [5.41, 5.74) is 25.8. The maximum absolute atomic E-state index is 6.43.